The Morgan fingerprint density at radius 1 is 1.06 bits per heavy atom. The first kappa shape index (κ1) is 16.4. The summed E-state index contributed by atoms with van der Waals surface area (Å²) >= 11 is 0. The largest absolute Gasteiger partial charge is 0.342 e. The Morgan fingerprint density at radius 2 is 1.65 bits per heavy atom. The topological polar surface area (TPSA) is 46.3 Å². The zero-order chi connectivity index (χ0) is 13.3. The van der Waals surface area contributed by atoms with Crippen molar-refractivity contribution in [2.75, 3.05) is 13.1 Å². The SMILES string of the molecule is CCCCCCC(N)(CC)C(=O)N(CC)CC. The maximum absolute atomic E-state index is 12.3. The molecule has 0 aliphatic heterocycles. The van der Waals surface area contributed by atoms with Crippen LogP contribution in [0.3, 0.4) is 0 Å². The zero-order valence-corrected chi connectivity index (χ0v) is 12.1. The molecule has 0 fully saturated rings. The van der Waals surface area contributed by atoms with Gasteiger partial charge in [-0.15, -0.1) is 0 Å². The van der Waals surface area contributed by atoms with Crippen molar-refractivity contribution in [3.63, 3.8) is 0 Å². The molecule has 1 unspecified atom stereocenters. The summed E-state index contributed by atoms with van der Waals surface area (Å²) in [5.41, 5.74) is 5.64. The zero-order valence-electron chi connectivity index (χ0n) is 12.1. The van der Waals surface area contributed by atoms with E-state index in [0.29, 0.717) is 0 Å². The first-order valence-electron chi connectivity index (χ1n) is 7.13. The lowest BCUT2D eigenvalue weighted by atomic mass is 9.88. The number of hydrogen-bond acceptors (Lipinski definition) is 2. The first-order valence-corrected chi connectivity index (χ1v) is 7.13. The van der Waals surface area contributed by atoms with E-state index in [4.69, 9.17) is 5.73 Å². The molecule has 0 aliphatic carbocycles. The fraction of sp³-hybridized carbons (Fsp3) is 0.929. The number of carbonyl (C=O) groups is 1. The third-order valence-corrected chi connectivity index (χ3v) is 3.58. The molecule has 0 aromatic rings. The number of hydrogen-bond donors (Lipinski definition) is 1. The molecule has 3 heteroatoms. The van der Waals surface area contributed by atoms with Gasteiger partial charge in [-0.05, 0) is 26.7 Å². The van der Waals surface area contributed by atoms with Gasteiger partial charge in [-0.25, -0.2) is 0 Å². The Balaban J connectivity index is 4.37. The number of unbranched alkanes of at least 4 members (excludes halogenated alkanes) is 3. The minimum Gasteiger partial charge on any atom is -0.342 e. The van der Waals surface area contributed by atoms with Crippen LogP contribution in [0.1, 0.15) is 66.2 Å². The summed E-state index contributed by atoms with van der Waals surface area (Å²) in [5, 5.41) is 0. The first-order chi connectivity index (χ1) is 8.05. The van der Waals surface area contributed by atoms with Crippen molar-refractivity contribution in [3.05, 3.63) is 0 Å². The molecule has 0 aromatic carbocycles. The lowest BCUT2D eigenvalue weighted by Gasteiger charge is -2.32. The molecule has 0 saturated carbocycles. The second-order valence-corrected chi connectivity index (χ2v) is 4.80. The van der Waals surface area contributed by atoms with Gasteiger partial charge in [-0.3, -0.25) is 4.79 Å². The van der Waals surface area contributed by atoms with Gasteiger partial charge in [0.2, 0.25) is 5.91 Å². The lowest BCUT2D eigenvalue weighted by molar-refractivity contribution is -0.137. The number of nitrogens with two attached hydrogens (primary N) is 1. The Kier molecular flexibility index (Phi) is 8.23. The van der Waals surface area contributed by atoms with Crippen LogP contribution in [-0.4, -0.2) is 29.4 Å². The normalized spacial score (nSPS) is 14.4. The molecule has 3 nitrogen and oxygen atoms in total. The van der Waals surface area contributed by atoms with Gasteiger partial charge in [0.05, 0.1) is 5.54 Å². The summed E-state index contributed by atoms with van der Waals surface area (Å²) < 4.78 is 0. The van der Waals surface area contributed by atoms with Crippen molar-refractivity contribution in [3.8, 4) is 0 Å². The summed E-state index contributed by atoms with van der Waals surface area (Å²) in [6, 6.07) is 0. The second kappa shape index (κ2) is 8.51. The summed E-state index contributed by atoms with van der Waals surface area (Å²) in [5.74, 6) is 0.126. The van der Waals surface area contributed by atoms with E-state index in [0.717, 1.165) is 32.4 Å². The Labute approximate surface area is 107 Å². The molecule has 1 amide bonds. The van der Waals surface area contributed by atoms with Crippen LogP contribution < -0.4 is 5.73 Å². The van der Waals surface area contributed by atoms with Gasteiger partial charge < -0.3 is 10.6 Å². The minimum absolute atomic E-state index is 0.126. The predicted octanol–water partition coefficient (Wildman–Crippen LogP) is 2.93. The molecule has 0 bridgehead atoms. The van der Waals surface area contributed by atoms with E-state index >= 15 is 0 Å². The van der Waals surface area contributed by atoms with E-state index in [1.807, 2.05) is 25.7 Å². The Bertz CT molecular complexity index is 214. The average molecular weight is 242 g/mol. The van der Waals surface area contributed by atoms with Crippen molar-refractivity contribution in [2.45, 2.75) is 71.8 Å². The van der Waals surface area contributed by atoms with Crippen molar-refractivity contribution >= 4 is 5.91 Å². The number of carbonyl (C=O) groups excluding carboxylic acids is 1. The molecule has 0 spiro atoms. The molecule has 2 N–H and O–H groups in total. The summed E-state index contributed by atoms with van der Waals surface area (Å²) in [7, 11) is 0. The average Bonchev–Trinajstić information content (AvgIpc) is 2.35. The molecule has 102 valence electrons. The number of likely N-dealkylation sites (N-methyl/N-ethyl adjacent to an activating group) is 1. The van der Waals surface area contributed by atoms with E-state index in [9.17, 15) is 4.79 Å². The van der Waals surface area contributed by atoms with Gasteiger partial charge >= 0.3 is 0 Å². The molecule has 0 aromatic heterocycles. The highest BCUT2D eigenvalue weighted by Crippen LogP contribution is 2.19. The highest BCUT2D eigenvalue weighted by molar-refractivity contribution is 5.86. The van der Waals surface area contributed by atoms with Crippen LogP contribution in [0.15, 0.2) is 0 Å². The minimum atomic E-state index is -0.639. The van der Waals surface area contributed by atoms with Gasteiger partial charge in [0.15, 0.2) is 0 Å². The van der Waals surface area contributed by atoms with E-state index in [1.54, 1.807) is 0 Å². The van der Waals surface area contributed by atoms with Crippen LogP contribution in [0.4, 0.5) is 0 Å². The summed E-state index contributed by atoms with van der Waals surface area (Å²) in [6.45, 7) is 9.73. The van der Waals surface area contributed by atoms with Crippen molar-refractivity contribution in [1.82, 2.24) is 4.90 Å². The highest BCUT2D eigenvalue weighted by Gasteiger charge is 2.33. The van der Waals surface area contributed by atoms with Gasteiger partial charge in [0.25, 0.3) is 0 Å². The van der Waals surface area contributed by atoms with Crippen molar-refractivity contribution in [2.24, 2.45) is 5.73 Å². The molecular weight excluding hydrogens is 212 g/mol. The molecular formula is C14H30N2O. The molecule has 0 radical (unpaired) electrons. The third-order valence-electron chi connectivity index (χ3n) is 3.58. The molecule has 17 heavy (non-hydrogen) atoms. The van der Waals surface area contributed by atoms with Crippen LogP contribution >= 0.6 is 0 Å². The predicted molar refractivity (Wildman–Crippen MR) is 73.9 cm³/mol. The van der Waals surface area contributed by atoms with E-state index in [2.05, 4.69) is 6.92 Å². The fourth-order valence-corrected chi connectivity index (χ4v) is 2.13. The molecule has 0 rings (SSSR count). The van der Waals surface area contributed by atoms with E-state index in [1.165, 1.54) is 19.3 Å². The Hall–Kier alpha value is -0.570. The van der Waals surface area contributed by atoms with Crippen molar-refractivity contribution in [1.29, 1.82) is 0 Å². The summed E-state index contributed by atoms with van der Waals surface area (Å²) in [4.78, 5) is 14.2. The Morgan fingerprint density at radius 3 is 2.06 bits per heavy atom. The maximum atomic E-state index is 12.3. The van der Waals surface area contributed by atoms with Crippen LogP contribution in [-0.2, 0) is 4.79 Å². The number of amides is 1. The third kappa shape index (κ3) is 5.07. The van der Waals surface area contributed by atoms with Crippen LogP contribution in [0.25, 0.3) is 0 Å². The highest BCUT2D eigenvalue weighted by atomic mass is 16.2. The maximum Gasteiger partial charge on any atom is 0.242 e. The van der Waals surface area contributed by atoms with E-state index < -0.39 is 5.54 Å². The molecule has 0 heterocycles. The summed E-state index contributed by atoms with van der Waals surface area (Å²) in [6.07, 6.45) is 6.24. The number of nitrogens with zero attached hydrogens (tertiary/aromatic N) is 1. The monoisotopic (exact) mass is 242 g/mol. The smallest absolute Gasteiger partial charge is 0.242 e. The van der Waals surface area contributed by atoms with Gasteiger partial charge in [0, 0.05) is 13.1 Å². The van der Waals surface area contributed by atoms with Crippen LogP contribution in [0.5, 0.6) is 0 Å². The quantitative estimate of drug-likeness (QED) is 0.632. The van der Waals surface area contributed by atoms with Crippen LogP contribution in [0, 0.1) is 0 Å². The van der Waals surface area contributed by atoms with E-state index in [-0.39, 0.29) is 5.91 Å². The fourth-order valence-electron chi connectivity index (χ4n) is 2.13. The lowest BCUT2D eigenvalue weighted by Crippen LogP contribution is -2.54. The second-order valence-electron chi connectivity index (χ2n) is 4.80. The van der Waals surface area contributed by atoms with Gasteiger partial charge in [-0.1, -0.05) is 39.5 Å². The van der Waals surface area contributed by atoms with Gasteiger partial charge in [-0.2, -0.15) is 0 Å². The van der Waals surface area contributed by atoms with Gasteiger partial charge in [0.1, 0.15) is 0 Å². The molecule has 0 saturated heterocycles. The number of rotatable bonds is 9. The van der Waals surface area contributed by atoms with Crippen molar-refractivity contribution < 1.29 is 4.79 Å². The van der Waals surface area contributed by atoms with Crippen LogP contribution in [0.2, 0.25) is 0 Å². The molecule has 1 atom stereocenters. The molecule has 0 aliphatic rings. The standard InChI is InChI=1S/C14H30N2O/c1-5-9-10-11-12-14(15,6-2)13(17)16(7-3)8-4/h5-12,15H2,1-4H3.